The summed E-state index contributed by atoms with van der Waals surface area (Å²) < 4.78 is 7.50. The summed E-state index contributed by atoms with van der Waals surface area (Å²) in [6.45, 7) is 24.0. The number of hydrogen-bond donors (Lipinski definition) is 0. The number of aliphatic imine (C=N–C) groups is 1. The van der Waals surface area contributed by atoms with Gasteiger partial charge in [0.05, 0.1) is 17.9 Å². The number of unbranched alkanes of at least 4 members (excludes halogenated alkanes) is 4. The molecule has 2 heterocycles. The molecule has 0 bridgehead atoms. The first-order chi connectivity index (χ1) is 15.3. The Morgan fingerprint density at radius 1 is 0.970 bits per heavy atom. The minimum absolute atomic E-state index is 0.0887. The third-order valence-corrected chi connectivity index (χ3v) is 14.7. The summed E-state index contributed by atoms with van der Waals surface area (Å²) in [5.74, 6) is 0. The van der Waals surface area contributed by atoms with Crippen LogP contribution in [0, 0.1) is 5.41 Å². The minimum atomic E-state index is -2.37. The van der Waals surface area contributed by atoms with Crippen molar-refractivity contribution in [1.82, 2.24) is 0 Å². The van der Waals surface area contributed by atoms with E-state index in [9.17, 15) is 0 Å². The molecule has 186 valence electrons. The molecule has 0 amide bonds. The number of nitrogens with zero attached hydrogens (tertiary/aromatic N) is 1. The van der Waals surface area contributed by atoms with Crippen molar-refractivity contribution in [1.29, 1.82) is 0 Å². The lowest BCUT2D eigenvalue weighted by atomic mass is 9.68. The van der Waals surface area contributed by atoms with Crippen LogP contribution in [0.25, 0.3) is 0 Å². The van der Waals surface area contributed by atoms with Crippen molar-refractivity contribution in [3.05, 3.63) is 34.6 Å². The molecule has 0 spiro atoms. The van der Waals surface area contributed by atoms with Crippen molar-refractivity contribution < 1.29 is 4.43 Å². The SMILES string of the molecule is CCCCCCC1=C2[C@@H](N=C3C(C)=CC=C[C@@]31C)[C@H](CCCC)O[Si]2(C(C)(C)C)C(C)(C)C. The molecule has 33 heavy (non-hydrogen) atoms. The van der Waals surface area contributed by atoms with Gasteiger partial charge in [0.15, 0.2) is 0 Å². The van der Waals surface area contributed by atoms with Crippen molar-refractivity contribution in [3.63, 3.8) is 0 Å². The van der Waals surface area contributed by atoms with E-state index in [1.54, 1.807) is 10.8 Å². The van der Waals surface area contributed by atoms with Crippen LogP contribution in [0.3, 0.4) is 0 Å². The molecule has 1 fully saturated rings. The van der Waals surface area contributed by atoms with E-state index < -0.39 is 8.32 Å². The van der Waals surface area contributed by atoms with Crippen LogP contribution in [0.5, 0.6) is 0 Å². The fourth-order valence-electron chi connectivity index (χ4n) is 7.17. The lowest BCUT2D eigenvalue weighted by Gasteiger charge is -2.51. The summed E-state index contributed by atoms with van der Waals surface area (Å²) in [6, 6.07) is 0.209. The van der Waals surface area contributed by atoms with E-state index in [4.69, 9.17) is 9.42 Å². The zero-order valence-electron chi connectivity index (χ0n) is 23.4. The lowest BCUT2D eigenvalue weighted by Crippen LogP contribution is -2.56. The zero-order chi connectivity index (χ0) is 24.7. The molecule has 0 N–H and O–H groups in total. The van der Waals surface area contributed by atoms with Gasteiger partial charge >= 0.3 is 0 Å². The van der Waals surface area contributed by atoms with Crippen molar-refractivity contribution in [2.45, 2.75) is 143 Å². The number of hydrogen-bond acceptors (Lipinski definition) is 2. The van der Waals surface area contributed by atoms with Crippen LogP contribution in [0.15, 0.2) is 39.6 Å². The van der Waals surface area contributed by atoms with Gasteiger partial charge in [-0.1, -0.05) is 111 Å². The Bertz CT molecular complexity index is 834. The second kappa shape index (κ2) is 9.61. The Hall–Kier alpha value is -0.933. The lowest BCUT2D eigenvalue weighted by molar-refractivity contribution is 0.172. The summed E-state index contributed by atoms with van der Waals surface area (Å²) in [5, 5.41) is 1.90. The predicted octanol–water partition coefficient (Wildman–Crippen LogP) is 9.27. The summed E-state index contributed by atoms with van der Waals surface area (Å²) in [4.78, 5) is 5.62. The van der Waals surface area contributed by atoms with E-state index in [-0.39, 0.29) is 27.6 Å². The molecule has 1 aliphatic carbocycles. The second-order valence-electron chi connectivity index (χ2n) is 13.0. The minimum Gasteiger partial charge on any atom is -0.406 e. The van der Waals surface area contributed by atoms with Crippen LogP contribution >= 0.6 is 0 Å². The largest absolute Gasteiger partial charge is 0.406 e. The zero-order valence-corrected chi connectivity index (χ0v) is 24.4. The standard InChI is InChI=1S/C30H51NOSi/c1-11-13-15-16-19-23-26-25(31-27-22(3)18-17-21-30(23,27)10)24(20-14-12-2)32-33(26,28(4,5)6)29(7,8)9/h17-18,21,24-25H,11-16,19-20H2,1-10H3/t24-,25-,30+/m0/s1. The van der Waals surface area contributed by atoms with Crippen LogP contribution in [0.2, 0.25) is 10.1 Å². The number of fused-ring (bicyclic) bond motifs is 2. The average Bonchev–Trinajstić information content (AvgIpc) is 3.05. The molecule has 3 atom stereocenters. The Morgan fingerprint density at radius 3 is 2.18 bits per heavy atom. The van der Waals surface area contributed by atoms with Gasteiger partial charge in [0.1, 0.15) is 0 Å². The van der Waals surface area contributed by atoms with Gasteiger partial charge in [-0.2, -0.15) is 0 Å². The average molecular weight is 470 g/mol. The summed E-state index contributed by atoms with van der Waals surface area (Å²) in [5.41, 5.74) is 4.23. The highest BCUT2D eigenvalue weighted by atomic mass is 28.4. The predicted molar refractivity (Wildman–Crippen MR) is 148 cm³/mol. The van der Waals surface area contributed by atoms with Crippen molar-refractivity contribution in [3.8, 4) is 0 Å². The van der Waals surface area contributed by atoms with Gasteiger partial charge in [0.25, 0.3) is 0 Å². The van der Waals surface area contributed by atoms with Crippen LogP contribution in [0.4, 0.5) is 0 Å². The van der Waals surface area contributed by atoms with Crippen LogP contribution in [0.1, 0.15) is 121 Å². The highest BCUT2D eigenvalue weighted by Gasteiger charge is 2.67. The van der Waals surface area contributed by atoms with Crippen LogP contribution in [-0.2, 0) is 4.43 Å². The van der Waals surface area contributed by atoms with Gasteiger partial charge < -0.3 is 4.43 Å². The van der Waals surface area contributed by atoms with E-state index in [0.717, 1.165) is 6.42 Å². The number of allylic oxidation sites excluding steroid dienone is 5. The molecule has 2 aliphatic heterocycles. The molecule has 0 aromatic heterocycles. The monoisotopic (exact) mass is 469 g/mol. The molecular formula is C30H51NOSi. The molecule has 2 nitrogen and oxygen atoms in total. The van der Waals surface area contributed by atoms with Gasteiger partial charge in [0.2, 0.25) is 8.32 Å². The highest BCUT2D eigenvalue weighted by molar-refractivity contribution is 6.87. The van der Waals surface area contributed by atoms with Crippen LogP contribution < -0.4 is 0 Å². The number of dihydropyridines is 1. The van der Waals surface area contributed by atoms with Crippen molar-refractivity contribution in [2.75, 3.05) is 0 Å². The Balaban J connectivity index is 2.29. The Labute approximate surface area is 206 Å². The van der Waals surface area contributed by atoms with E-state index in [1.807, 2.05) is 0 Å². The third-order valence-electron chi connectivity index (χ3n) is 8.45. The van der Waals surface area contributed by atoms with Gasteiger partial charge in [-0.25, -0.2) is 0 Å². The van der Waals surface area contributed by atoms with Gasteiger partial charge in [-0.05, 0) is 54.0 Å². The van der Waals surface area contributed by atoms with Gasteiger partial charge in [0, 0.05) is 5.41 Å². The first kappa shape index (κ1) is 26.7. The Morgan fingerprint density at radius 2 is 1.61 bits per heavy atom. The molecule has 3 heteroatoms. The number of rotatable bonds is 8. The summed E-state index contributed by atoms with van der Waals surface area (Å²) in [7, 11) is -2.37. The summed E-state index contributed by atoms with van der Waals surface area (Å²) in [6.07, 6.45) is 17.2. The van der Waals surface area contributed by atoms with Gasteiger partial charge in [-0.15, -0.1) is 0 Å². The Kier molecular flexibility index (Phi) is 7.76. The van der Waals surface area contributed by atoms with E-state index >= 15 is 0 Å². The fraction of sp³-hybridized carbons (Fsp3) is 0.767. The molecule has 0 aromatic carbocycles. The van der Waals surface area contributed by atoms with Gasteiger partial charge in [-0.3, -0.25) is 4.99 Å². The molecule has 0 unspecified atom stereocenters. The highest BCUT2D eigenvalue weighted by Crippen LogP contribution is 2.64. The third kappa shape index (κ3) is 4.42. The van der Waals surface area contributed by atoms with E-state index in [2.05, 4.69) is 87.5 Å². The maximum Gasteiger partial charge on any atom is 0.233 e. The molecule has 1 saturated heterocycles. The topological polar surface area (TPSA) is 21.6 Å². The fourth-order valence-corrected chi connectivity index (χ4v) is 14.0. The molecule has 3 rings (SSSR count). The molecule has 0 saturated carbocycles. The van der Waals surface area contributed by atoms with E-state index in [0.29, 0.717) is 0 Å². The molecule has 0 aromatic rings. The summed E-state index contributed by atoms with van der Waals surface area (Å²) >= 11 is 0. The normalized spacial score (nSPS) is 29.0. The maximum absolute atomic E-state index is 7.50. The molecule has 0 radical (unpaired) electrons. The first-order valence-corrected chi connectivity index (χ1v) is 15.6. The molecule has 3 aliphatic rings. The second-order valence-corrected chi connectivity index (χ2v) is 18.2. The quantitative estimate of drug-likeness (QED) is 0.256. The first-order valence-electron chi connectivity index (χ1n) is 13.7. The molecular weight excluding hydrogens is 418 g/mol. The smallest absolute Gasteiger partial charge is 0.233 e. The van der Waals surface area contributed by atoms with E-state index in [1.165, 1.54) is 56.2 Å². The maximum atomic E-state index is 7.50. The van der Waals surface area contributed by atoms with Crippen molar-refractivity contribution >= 4 is 14.0 Å². The van der Waals surface area contributed by atoms with Crippen molar-refractivity contribution in [2.24, 2.45) is 10.4 Å². The van der Waals surface area contributed by atoms with Crippen LogP contribution in [-0.4, -0.2) is 26.2 Å².